The number of aryl methyl sites for hydroxylation is 1. The molecule has 7 heteroatoms. The zero-order valence-corrected chi connectivity index (χ0v) is 12.6. The van der Waals surface area contributed by atoms with E-state index in [2.05, 4.69) is 19.8 Å². The maximum absolute atomic E-state index is 11.7. The molecule has 2 heterocycles. The first-order valence-corrected chi connectivity index (χ1v) is 7.24. The third kappa shape index (κ3) is 3.89. The summed E-state index contributed by atoms with van der Waals surface area (Å²) in [6.07, 6.45) is 1.54. The Kier molecular flexibility index (Phi) is 5.46. The fraction of sp³-hybridized carbons (Fsp3) is 0.643. The fourth-order valence-corrected chi connectivity index (χ4v) is 2.33. The number of β-amino-alcohol motifs (C(OH)–C–C–N with tert-alkyl or cyclic N) is 1. The number of anilines is 1. The summed E-state index contributed by atoms with van der Waals surface area (Å²) in [7, 11) is 0. The van der Waals surface area contributed by atoms with Crippen LogP contribution >= 0.6 is 0 Å². The molecule has 0 bridgehead atoms. The normalized spacial score (nSPS) is 16.0. The smallest absolute Gasteiger partial charge is 0.341 e. The van der Waals surface area contributed by atoms with Gasteiger partial charge in [0, 0.05) is 38.9 Å². The number of carbonyl (C=O) groups excluding carboxylic acids is 1. The van der Waals surface area contributed by atoms with E-state index in [1.165, 1.54) is 6.20 Å². The average molecular weight is 294 g/mol. The first-order chi connectivity index (χ1) is 10.2. The molecule has 1 aromatic heterocycles. The number of esters is 1. The van der Waals surface area contributed by atoms with E-state index in [-0.39, 0.29) is 12.6 Å². The van der Waals surface area contributed by atoms with Gasteiger partial charge in [-0.3, -0.25) is 4.90 Å². The van der Waals surface area contributed by atoms with Crippen LogP contribution in [-0.4, -0.2) is 71.9 Å². The molecule has 0 aliphatic carbocycles. The highest BCUT2D eigenvalue weighted by Gasteiger charge is 2.20. The van der Waals surface area contributed by atoms with Gasteiger partial charge < -0.3 is 14.7 Å². The van der Waals surface area contributed by atoms with Crippen molar-refractivity contribution in [1.82, 2.24) is 14.9 Å². The molecule has 116 valence electrons. The van der Waals surface area contributed by atoms with Crippen LogP contribution in [0.2, 0.25) is 0 Å². The monoisotopic (exact) mass is 294 g/mol. The highest BCUT2D eigenvalue weighted by atomic mass is 16.5. The molecule has 0 unspecified atom stereocenters. The van der Waals surface area contributed by atoms with Gasteiger partial charge in [0.25, 0.3) is 0 Å². The predicted octanol–water partition coefficient (Wildman–Crippen LogP) is 0.0760. The maximum Gasteiger partial charge on any atom is 0.341 e. The summed E-state index contributed by atoms with van der Waals surface area (Å²) in [5.41, 5.74) is 1.05. The Hall–Kier alpha value is -1.73. The third-order valence-electron chi connectivity index (χ3n) is 3.53. The van der Waals surface area contributed by atoms with Crippen LogP contribution in [0.1, 0.15) is 23.0 Å². The number of aliphatic hydroxyl groups is 1. The summed E-state index contributed by atoms with van der Waals surface area (Å²) < 4.78 is 4.97. The molecular weight excluding hydrogens is 272 g/mol. The van der Waals surface area contributed by atoms with E-state index in [0.29, 0.717) is 30.4 Å². The molecule has 1 aliphatic rings. The van der Waals surface area contributed by atoms with Crippen molar-refractivity contribution >= 4 is 11.9 Å². The summed E-state index contributed by atoms with van der Waals surface area (Å²) in [6.45, 7) is 8.18. The van der Waals surface area contributed by atoms with Crippen molar-refractivity contribution in [3.63, 3.8) is 0 Å². The second kappa shape index (κ2) is 7.33. The van der Waals surface area contributed by atoms with E-state index < -0.39 is 0 Å². The summed E-state index contributed by atoms with van der Waals surface area (Å²) in [5.74, 6) is 0.263. The Morgan fingerprint density at radius 1 is 1.38 bits per heavy atom. The van der Waals surface area contributed by atoms with Crippen molar-refractivity contribution in [1.29, 1.82) is 0 Å². The van der Waals surface area contributed by atoms with Gasteiger partial charge in [-0.05, 0) is 13.8 Å². The molecule has 1 aromatic rings. The van der Waals surface area contributed by atoms with Crippen molar-refractivity contribution in [3.8, 4) is 0 Å². The van der Waals surface area contributed by atoms with Gasteiger partial charge in [-0.25, -0.2) is 14.8 Å². The summed E-state index contributed by atoms with van der Waals surface area (Å²) in [4.78, 5) is 24.7. The first kappa shape index (κ1) is 15.7. The molecule has 1 fully saturated rings. The van der Waals surface area contributed by atoms with E-state index in [1.807, 2.05) is 0 Å². The Morgan fingerprint density at radius 2 is 2.10 bits per heavy atom. The minimum absolute atomic E-state index is 0.184. The lowest BCUT2D eigenvalue weighted by Gasteiger charge is -2.34. The van der Waals surface area contributed by atoms with Crippen molar-refractivity contribution in [2.75, 3.05) is 50.8 Å². The second-order valence-corrected chi connectivity index (χ2v) is 4.94. The molecule has 1 saturated heterocycles. The molecule has 0 saturated carbocycles. The number of hydrogen-bond donors (Lipinski definition) is 1. The Balaban J connectivity index is 2.02. The van der Waals surface area contributed by atoms with Gasteiger partial charge >= 0.3 is 5.97 Å². The van der Waals surface area contributed by atoms with E-state index in [1.54, 1.807) is 13.8 Å². The lowest BCUT2D eigenvalue weighted by Crippen LogP contribution is -2.47. The number of rotatable bonds is 5. The van der Waals surface area contributed by atoms with Gasteiger partial charge in [0.05, 0.1) is 24.5 Å². The van der Waals surface area contributed by atoms with Gasteiger partial charge in [0.1, 0.15) is 0 Å². The van der Waals surface area contributed by atoms with Crippen molar-refractivity contribution in [2.45, 2.75) is 13.8 Å². The van der Waals surface area contributed by atoms with E-state index in [9.17, 15) is 4.79 Å². The molecule has 7 nitrogen and oxygen atoms in total. The maximum atomic E-state index is 11.7. The summed E-state index contributed by atoms with van der Waals surface area (Å²) in [5, 5.41) is 8.94. The van der Waals surface area contributed by atoms with Gasteiger partial charge in [0.2, 0.25) is 5.95 Å². The van der Waals surface area contributed by atoms with Crippen LogP contribution in [0, 0.1) is 6.92 Å². The topological polar surface area (TPSA) is 78.8 Å². The Bertz CT molecular complexity index is 487. The van der Waals surface area contributed by atoms with Crippen LogP contribution in [-0.2, 0) is 4.74 Å². The van der Waals surface area contributed by atoms with E-state index in [4.69, 9.17) is 9.84 Å². The second-order valence-electron chi connectivity index (χ2n) is 4.94. The highest BCUT2D eigenvalue weighted by Crippen LogP contribution is 2.14. The van der Waals surface area contributed by atoms with Crippen LogP contribution in [0.5, 0.6) is 0 Å². The fourth-order valence-electron chi connectivity index (χ4n) is 2.33. The minimum Gasteiger partial charge on any atom is -0.462 e. The Labute approximate surface area is 124 Å². The van der Waals surface area contributed by atoms with Crippen LogP contribution in [0.15, 0.2) is 6.20 Å². The summed E-state index contributed by atoms with van der Waals surface area (Å²) in [6, 6.07) is 0. The highest BCUT2D eigenvalue weighted by molar-refractivity contribution is 5.90. The van der Waals surface area contributed by atoms with Gasteiger partial charge in [-0.15, -0.1) is 0 Å². The van der Waals surface area contributed by atoms with E-state index >= 15 is 0 Å². The van der Waals surface area contributed by atoms with Crippen LogP contribution in [0.4, 0.5) is 5.95 Å². The zero-order chi connectivity index (χ0) is 15.2. The molecule has 0 amide bonds. The number of nitrogens with zero attached hydrogens (tertiary/aromatic N) is 4. The molecular formula is C14H22N4O3. The Morgan fingerprint density at radius 3 is 2.67 bits per heavy atom. The number of aromatic nitrogens is 2. The molecule has 1 aliphatic heterocycles. The average Bonchev–Trinajstić information content (AvgIpc) is 2.48. The lowest BCUT2D eigenvalue weighted by atomic mass is 10.2. The van der Waals surface area contributed by atoms with Gasteiger partial charge in [-0.2, -0.15) is 0 Å². The van der Waals surface area contributed by atoms with Crippen molar-refractivity contribution in [3.05, 3.63) is 17.5 Å². The van der Waals surface area contributed by atoms with Gasteiger partial charge in [0.15, 0.2) is 0 Å². The molecule has 0 spiro atoms. The number of piperazine rings is 1. The lowest BCUT2D eigenvalue weighted by molar-refractivity contribution is 0.0524. The number of hydrogen-bond acceptors (Lipinski definition) is 7. The van der Waals surface area contributed by atoms with Gasteiger partial charge in [-0.1, -0.05) is 0 Å². The quantitative estimate of drug-likeness (QED) is 0.770. The van der Waals surface area contributed by atoms with Crippen LogP contribution in [0.3, 0.4) is 0 Å². The molecule has 1 N–H and O–H groups in total. The molecule has 21 heavy (non-hydrogen) atoms. The summed E-state index contributed by atoms with van der Waals surface area (Å²) >= 11 is 0. The minimum atomic E-state index is -0.380. The molecule has 0 aromatic carbocycles. The third-order valence-corrected chi connectivity index (χ3v) is 3.53. The van der Waals surface area contributed by atoms with Crippen molar-refractivity contribution < 1.29 is 14.6 Å². The SMILES string of the molecule is CCOC(=O)c1cnc(N2CCN(CCO)CC2)nc1C. The van der Waals surface area contributed by atoms with E-state index in [0.717, 1.165) is 26.2 Å². The standard InChI is InChI=1S/C14H22N4O3/c1-3-21-13(20)12-10-15-14(16-11(12)2)18-6-4-17(5-7-18)8-9-19/h10,19H,3-9H2,1-2H3. The largest absolute Gasteiger partial charge is 0.462 e. The predicted molar refractivity (Wildman–Crippen MR) is 78.5 cm³/mol. The van der Waals surface area contributed by atoms with Crippen LogP contribution in [0.25, 0.3) is 0 Å². The number of aliphatic hydroxyl groups excluding tert-OH is 1. The number of carbonyl (C=O) groups is 1. The number of ether oxygens (including phenoxy) is 1. The molecule has 0 radical (unpaired) electrons. The first-order valence-electron chi connectivity index (χ1n) is 7.24. The van der Waals surface area contributed by atoms with Crippen LogP contribution < -0.4 is 4.90 Å². The molecule has 2 rings (SSSR count). The van der Waals surface area contributed by atoms with Crippen molar-refractivity contribution in [2.24, 2.45) is 0 Å². The zero-order valence-electron chi connectivity index (χ0n) is 12.6. The molecule has 0 atom stereocenters.